The van der Waals surface area contributed by atoms with Crippen LogP contribution in [0.1, 0.15) is 21.5 Å². The number of rotatable bonds is 2. The largest absolute Gasteiger partial charge is 0.332 e. The van der Waals surface area contributed by atoms with Crippen LogP contribution in [0.25, 0.3) is 0 Å². The zero-order chi connectivity index (χ0) is 17.1. The van der Waals surface area contributed by atoms with Gasteiger partial charge in [0.1, 0.15) is 0 Å². The van der Waals surface area contributed by atoms with E-state index in [1.165, 1.54) is 9.64 Å². The first kappa shape index (κ1) is 18.4. The molecule has 0 fully saturated rings. The number of aryl methyl sites for hydroxylation is 2. The van der Waals surface area contributed by atoms with Crippen LogP contribution >= 0.6 is 58.0 Å². The number of nitrogens with one attached hydrogen (secondary N) is 2. The fourth-order valence-electron chi connectivity index (χ4n) is 1.91. The third-order valence-corrected chi connectivity index (χ3v) is 5.08. The van der Waals surface area contributed by atoms with E-state index in [-0.39, 0.29) is 10.7 Å². The fraction of sp³-hybridized carbons (Fsp3) is 0.125. The Morgan fingerprint density at radius 1 is 1.13 bits per heavy atom. The molecule has 23 heavy (non-hydrogen) atoms. The molecular formula is C16H13Cl2IN2OS. The van der Waals surface area contributed by atoms with Crippen LogP contribution in [0.2, 0.25) is 10.0 Å². The van der Waals surface area contributed by atoms with Gasteiger partial charge in [-0.05, 0) is 90.1 Å². The van der Waals surface area contributed by atoms with Gasteiger partial charge in [0.15, 0.2) is 5.11 Å². The van der Waals surface area contributed by atoms with E-state index in [2.05, 4.69) is 39.3 Å². The van der Waals surface area contributed by atoms with Gasteiger partial charge in [-0.2, -0.15) is 0 Å². The molecule has 0 aromatic heterocycles. The lowest BCUT2D eigenvalue weighted by molar-refractivity contribution is 0.0978. The van der Waals surface area contributed by atoms with Crippen LogP contribution in [-0.4, -0.2) is 11.0 Å². The molecule has 2 rings (SSSR count). The second-order valence-corrected chi connectivity index (χ2v) is 7.36. The van der Waals surface area contributed by atoms with Gasteiger partial charge in [-0.15, -0.1) is 0 Å². The second-order valence-electron chi connectivity index (χ2n) is 4.95. The van der Waals surface area contributed by atoms with Crippen LogP contribution in [0.4, 0.5) is 5.69 Å². The lowest BCUT2D eigenvalue weighted by Crippen LogP contribution is -2.34. The average Bonchev–Trinajstić information content (AvgIpc) is 2.47. The molecular weight excluding hydrogens is 466 g/mol. The number of thiocarbonyl (C=S) groups is 1. The summed E-state index contributed by atoms with van der Waals surface area (Å²) in [6, 6.07) is 8.73. The Morgan fingerprint density at radius 2 is 1.83 bits per heavy atom. The maximum absolute atomic E-state index is 12.2. The van der Waals surface area contributed by atoms with Crippen LogP contribution in [0.3, 0.4) is 0 Å². The van der Waals surface area contributed by atoms with E-state index in [0.29, 0.717) is 10.0 Å². The van der Waals surface area contributed by atoms with E-state index < -0.39 is 5.91 Å². The SMILES string of the molecule is Cc1cc(NC(=S)NC(=O)c2cc(Cl)ccc2Cl)c(C)cc1I. The summed E-state index contributed by atoms with van der Waals surface area (Å²) in [7, 11) is 0. The molecule has 1 amide bonds. The standard InChI is InChI=1S/C16H13Cl2IN2OS/c1-8-6-14(9(2)5-13(8)19)20-16(23)21-15(22)11-7-10(17)3-4-12(11)18/h3-7H,1-2H3,(H2,20,21,22,23). The Kier molecular flexibility index (Phi) is 6.25. The van der Waals surface area contributed by atoms with Gasteiger partial charge in [-0.3, -0.25) is 10.1 Å². The number of anilines is 1. The van der Waals surface area contributed by atoms with Crippen molar-refractivity contribution in [2.75, 3.05) is 5.32 Å². The molecule has 0 aliphatic carbocycles. The number of hydrogen-bond donors (Lipinski definition) is 2. The third kappa shape index (κ3) is 4.79. The number of carbonyl (C=O) groups excluding carboxylic acids is 1. The van der Waals surface area contributed by atoms with Crippen molar-refractivity contribution < 1.29 is 4.79 Å². The van der Waals surface area contributed by atoms with Crippen molar-refractivity contribution in [2.45, 2.75) is 13.8 Å². The van der Waals surface area contributed by atoms with Gasteiger partial charge in [0, 0.05) is 14.3 Å². The molecule has 0 spiro atoms. The van der Waals surface area contributed by atoms with Gasteiger partial charge in [0.05, 0.1) is 10.6 Å². The molecule has 0 aliphatic heterocycles. The first-order chi connectivity index (χ1) is 10.8. The maximum atomic E-state index is 12.2. The minimum Gasteiger partial charge on any atom is -0.332 e. The molecule has 0 saturated heterocycles. The molecule has 0 heterocycles. The highest BCUT2D eigenvalue weighted by atomic mass is 127. The number of amides is 1. The molecule has 2 aromatic rings. The van der Waals surface area contributed by atoms with Crippen molar-refractivity contribution in [3.63, 3.8) is 0 Å². The van der Waals surface area contributed by atoms with E-state index in [1.807, 2.05) is 19.9 Å². The molecule has 2 aromatic carbocycles. The van der Waals surface area contributed by atoms with Crippen LogP contribution in [0, 0.1) is 17.4 Å². The molecule has 0 unspecified atom stereocenters. The van der Waals surface area contributed by atoms with Crippen molar-refractivity contribution >= 4 is 74.7 Å². The van der Waals surface area contributed by atoms with E-state index in [9.17, 15) is 4.79 Å². The van der Waals surface area contributed by atoms with Gasteiger partial charge >= 0.3 is 0 Å². The quantitative estimate of drug-likeness (QED) is 0.452. The highest BCUT2D eigenvalue weighted by molar-refractivity contribution is 14.1. The fourth-order valence-corrected chi connectivity index (χ4v) is 3.11. The summed E-state index contributed by atoms with van der Waals surface area (Å²) in [6.07, 6.45) is 0. The summed E-state index contributed by atoms with van der Waals surface area (Å²) in [5.74, 6) is -0.408. The minimum atomic E-state index is -0.408. The Hall–Kier alpha value is -0.890. The van der Waals surface area contributed by atoms with Crippen molar-refractivity contribution in [3.05, 3.63) is 60.6 Å². The predicted molar refractivity (Wildman–Crippen MR) is 109 cm³/mol. The van der Waals surface area contributed by atoms with Crippen molar-refractivity contribution in [1.29, 1.82) is 0 Å². The summed E-state index contributed by atoms with van der Waals surface area (Å²) in [5, 5.41) is 6.60. The Balaban J connectivity index is 2.12. The topological polar surface area (TPSA) is 41.1 Å². The lowest BCUT2D eigenvalue weighted by atomic mass is 10.1. The first-order valence-electron chi connectivity index (χ1n) is 6.62. The van der Waals surface area contributed by atoms with E-state index in [0.717, 1.165) is 16.8 Å². The first-order valence-corrected chi connectivity index (χ1v) is 8.86. The molecule has 7 heteroatoms. The highest BCUT2D eigenvalue weighted by Crippen LogP contribution is 2.22. The number of carbonyl (C=O) groups is 1. The van der Waals surface area contributed by atoms with Gasteiger partial charge < -0.3 is 5.32 Å². The molecule has 0 atom stereocenters. The lowest BCUT2D eigenvalue weighted by Gasteiger charge is -2.14. The zero-order valence-corrected chi connectivity index (χ0v) is 16.8. The molecule has 0 radical (unpaired) electrons. The van der Waals surface area contributed by atoms with E-state index in [1.54, 1.807) is 12.1 Å². The number of benzene rings is 2. The monoisotopic (exact) mass is 478 g/mol. The molecule has 2 N–H and O–H groups in total. The summed E-state index contributed by atoms with van der Waals surface area (Å²) >= 11 is 19.4. The summed E-state index contributed by atoms with van der Waals surface area (Å²) in [4.78, 5) is 12.2. The third-order valence-electron chi connectivity index (χ3n) is 3.15. The predicted octanol–water partition coefficient (Wildman–Crippen LogP) is 5.34. The molecule has 120 valence electrons. The number of hydrogen-bond acceptors (Lipinski definition) is 2. The van der Waals surface area contributed by atoms with Crippen molar-refractivity contribution in [3.8, 4) is 0 Å². The van der Waals surface area contributed by atoms with Crippen LogP contribution in [-0.2, 0) is 0 Å². The summed E-state index contributed by atoms with van der Waals surface area (Å²) < 4.78 is 1.17. The number of halogens is 3. The van der Waals surface area contributed by atoms with E-state index in [4.69, 9.17) is 35.4 Å². The van der Waals surface area contributed by atoms with Gasteiger partial charge in [0.25, 0.3) is 5.91 Å². The molecule has 0 aliphatic rings. The Bertz CT molecular complexity index is 796. The van der Waals surface area contributed by atoms with Crippen LogP contribution in [0.5, 0.6) is 0 Å². The minimum absolute atomic E-state index is 0.203. The smallest absolute Gasteiger partial charge is 0.258 e. The zero-order valence-electron chi connectivity index (χ0n) is 12.3. The van der Waals surface area contributed by atoms with Gasteiger partial charge in [-0.1, -0.05) is 23.2 Å². The molecule has 3 nitrogen and oxygen atoms in total. The molecule has 0 saturated carbocycles. The van der Waals surface area contributed by atoms with Gasteiger partial charge in [0.2, 0.25) is 0 Å². The van der Waals surface area contributed by atoms with Crippen molar-refractivity contribution in [1.82, 2.24) is 5.32 Å². The Labute approximate surface area is 163 Å². The second kappa shape index (κ2) is 7.79. The average molecular weight is 479 g/mol. The van der Waals surface area contributed by atoms with Crippen molar-refractivity contribution in [2.24, 2.45) is 0 Å². The van der Waals surface area contributed by atoms with E-state index >= 15 is 0 Å². The van der Waals surface area contributed by atoms with Gasteiger partial charge in [-0.25, -0.2) is 0 Å². The summed E-state index contributed by atoms with van der Waals surface area (Å²) in [5.41, 5.74) is 3.30. The maximum Gasteiger partial charge on any atom is 0.258 e. The highest BCUT2D eigenvalue weighted by Gasteiger charge is 2.13. The molecule has 0 bridgehead atoms. The normalized spacial score (nSPS) is 10.3. The van der Waals surface area contributed by atoms with Crippen LogP contribution < -0.4 is 10.6 Å². The Morgan fingerprint density at radius 3 is 2.52 bits per heavy atom. The summed E-state index contributed by atoms with van der Waals surface area (Å²) in [6.45, 7) is 3.99. The van der Waals surface area contributed by atoms with Crippen LogP contribution in [0.15, 0.2) is 30.3 Å².